The van der Waals surface area contributed by atoms with Gasteiger partial charge in [0.2, 0.25) is 5.56 Å². The number of esters is 1. The van der Waals surface area contributed by atoms with Gasteiger partial charge in [-0.2, -0.15) is 0 Å². The van der Waals surface area contributed by atoms with E-state index in [-0.39, 0.29) is 30.6 Å². The lowest BCUT2D eigenvalue weighted by molar-refractivity contribution is -0.146. The Morgan fingerprint density at radius 3 is 2.67 bits per heavy atom. The van der Waals surface area contributed by atoms with E-state index in [0.717, 1.165) is 10.9 Å². The molecule has 1 saturated heterocycles. The number of H-pyrrole nitrogens is 1. The summed E-state index contributed by atoms with van der Waals surface area (Å²) >= 11 is 0. The molecule has 1 aliphatic heterocycles. The number of ether oxygens (including phenoxy) is 2. The van der Waals surface area contributed by atoms with Crippen molar-refractivity contribution in [2.45, 2.75) is 25.5 Å². The van der Waals surface area contributed by atoms with Gasteiger partial charge < -0.3 is 19.8 Å². The molecular formula is C23H22N2O5. The molecule has 0 radical (unpaired) electrons. The Morgan fingerprint density at radius 2 is 1.93 bits per heavy atom. The van der Waals surface area contributed by atoms with Gasteiger partial charge in [0.15, 0.2) is 0 Å². The van der Waals surface area contributed by atoms with Crippen molar-refractivity contribution in [1.29, 1.82) is 0 Å². The number of aromatic amines is 1. The average Bonchev–Trinajstić information content (AvgIpc) is 3.56. The smallest absolute Gasteiger partial charge is 0.329 e. The van der Waals surface area contributed by atoms with Crippen molar-refractivity contribution in [3.05, 3.63) is 81.6 Å². The van der Waals surface area contributed by atoms with Gasteiger partial charge in [-0.3, -0.25) is 9.59 Å². The first kappa shape index (κ1) is 19.8. The van der Waals surface area contributed by atoms with Crippen molar-refractivity contribution >= 4 is 22.8 Å². The first-order valence-electron chi connectivity index (χ1n) is 9.76. The van der Waals surface area contributed by atoms with Crippen LogP contribution in [0.25, 0.3) is 10.9 Å². The Kier molecular flexibility index (Phi) is 5.63. The normalized spacial score (nSPS) is 16.1. The van der Waals surface area contributed by atoms with Crippen LogP contribution in [0.2, 0.25) is 0 Å². The predicted molar refractivity (Wildman–Crippen MR) is 111 cm³/mol. The molecule has 154 valence electrons. The fourth-order valence-electron chi connectivity index (χ4n) is 3.25. The quantitative estimate of drug-likeness (QED) is 0.462. The highest BCUT2D eigenvalue weighted by molar-refractivity contribution is 5.97. The molecule has 0 spiro atoms. The number of benzene rings is 2. The monoisotopic (exact) mass is 406 g/mol. The number of hydrogen-bond donors (Lipinski definition) is 2. The number of rotatable bonds is 7. The summed E-state index contributed by atoms with van der Waals surface area (Å²) in [6.07, 6.45) is 0.0506. The molecule has 3 aromatic rings. The standard InChI is InChI=1S/C23H22N2O5/c1-14-6-8-15(9-7-14)22(27)25-20(23(28)30-13-17-12-29-17)10-16-11-21(26)24-19-5-3-2-4-18(16)19/h2-9,11,17,20H,10,12-13H2,1H3,(H,24,26)(H,25,27). The Labute approximate surface area is 173 Å². The second-order valence-electron chi connectivity index (χ2n) is 7.39. The zero-order valence-electron chi connectivity index (χ0n) is 16.5. The first-order chi connectivity index (χ1) is 14.5. The molecule has 7 heteroatoms. The van der Waals surface area contributed by atoms with Gasteiger partial charge in [-0.25, -0.2) is 4.79 Å². The van der Waals surface area contributed by atoms with E-state index in [0.29, 0.717) is 23.3 Å². The van der Waals surface area contributed by atoms with Crippen LogP contribution in [0.1, 0.15) is 21.5 Å². The predicted octanol–water partition coefficient (Wildman–Crippen LogP) is 2.12. The summed E-state index contributed by atoms with van der Waals surface area (Å²) in [5, 5.41) is 3.57. The van der Waals surface area contributed by atoms with E-state index in [4.69, 9.17) is 9.47 Å². The summed E-state index contributed by atoms with van der Waals surface area (Å²) in [5.74, 6) is -0.941. The number of hydrogen-bond acceptors (Lipinski definition) is 5. The lowest BCUT2D eigenvalue weighted by Crippen LogP contribution is -2.44. The zero-order chi connectivity index (χ0) is 21.1. The van der Waals surface area contributed by atoms with Gasteiger partial charge in [0.25, 0.3) is 5.91 Å². The largest absolute Gasteiger partial charge is 0.461 e. The number of carbonyl (C=O) groups is 2. The summed E-state index contributed by atoms with van der Waals surface area (Å²) in [4.78, 5) is 40.3. The Hall–Kier alpha value is -3.45. The van der Waals surface area contributed by atoms with Gasteiger partial charge >= 0.3 is 5.97 Å². The summed E-state index contributed by atoms with van der Waals surface area (Å²) in [6.45, 7) is 2.64. The van der Waals surface area contributed by atoms with Gasteiger partial charge in [-0.1, -0.05) is 35.9 Å². The molecule has 0 bridgehead atoms. The van der Waals surface area contributed by atoms with E-state index in [1.165, 1.54) is 6.07 Å². The van der Waals surface area contributed by atoms with Crippen LogP contribution in [0, 0.1) is 6.92 Å². The van der Waals surface area contributed by atoms with E-state index >= 15 is 0 Å². The molecule has 0 saturated carbocycles. The summed E-state index contributed by atoms with van der Waals surface area (Å²) < 4.78 is 10.4. The zero-order valence-corrected chi connectivity index (χ0v) is 16.5. The highest BCUT2D eigenvalue weighted by Crippen LogP contribution is 2.17. The Morgan fingerprint density at radius 1 is 1.20 bits per heavy atom. The lowest BCUT2D eigenvalue weighted by atomic mass is 10.0. The molecule has 2 atom stereocenters. The number of pyridine rings is 1. The maximum Gasteiger partial charge on any atom is 0.329 e. The van der Waals surface area contributed by atoms with Crippen molar-refractivity contribution in [3.8, 4) is 0 Å². The van der Waals surface area contributed by atoms with Crippen LogP contribution >= 0.6 is 0 Å². The maximum atomic E-state index is 12.7. The molecule has 1 aliphatic rings. The Balaban J connectivity index is 1.60. The van der Waals surface area contributed by atoms with E-state index < -0.39 is 12.0 Å². The summed E-state index contributed by atoms with van der Waals surface area (Å²) in [5.41, 5.74) is 2.53. The molecule has 2 N–H and O–H groups in total. The Bertz CT molecular complexity index is 1130. The highest BCUT2D eigenvalue weighted by atomic mass is 16.6. The topological polar surface area (TPSA) is 101 Å². The highest BCUT2D eigenvalue weighted by Gasteiger charge is 2.29. The van der Waals surface area contributed by atoms with E-state index in [1.807, 2.05) is 37.3 Å². The molecule has 4 rings (SSSR count). The number of para-hydroxylation sites is 1. The number of carbonyl (C=O) groups excluding carboxylic acids is 2. The molecular weight excluding hydrogens is 384 g/mol. The molecule has 1 aromatic heterocycles. The molecule has 1 amide bonds. The number of amides is 1. The third-order valence-electron chi connectivity index (χ3n) is 4.98. The van der Waals surface area contributed by atoms with Crippen LogP contribution in [-0.2, 0) is 20.7 Å². The molecule has 2 heterocycles. The number of aryl methyl sites for hydroxylation is 1. The van der Waals surface area contributed by atoms with Gasteiger partial charge in [0.1, 0.15) is 18.8 Å². The lowest BCUT2D eigenvalue weighted by Gasteiger charge is -2.18. The molecule has 2 aromatic carbocycles. The summed E-state index contributed by atoms with van der Waals surface area (Å²) in [7, 11) is 0. The van der Waals surface area contributed by atoms with Gasteiger partial charge in [0.05, 0.1) is 6.61 Å². The van der Waals surface area contributed by atoms with E-state index in [2.05, 4.69) is 10.3 Å². The maximum absolute atomic E-state index is 12.7. The third kappa shape index (κ3) is 4.75. The SMILES string of the molecule is Cc1ccc(C(=O)NC(Cc2cc(=O)[nH]c3ccccc23)C(=O)OCC2CO2)cc1. The minimum absolute atomic E-state index is 0.0807. The van der Waals surface area contributed by atoms with Crippen LogP contribution in [0.5, 0.6) is 0 Å². The number of nitrogens with one attached hydrogen (secondary N) is 2. The van der Waals surface area contributed by atoms with Crippen molar-refractivity contribution in [1.82, 2.24) is 10.3 Å². The molecule has 0 aliphatic carbocycles. The van der Waals surface area contributed by atoms with E-state index in [9.17, 15) is 14.4 Å². The fraction of sp³-hybridized carbons (Fsp3) is 0.261. The van der Waals surface area contributed by atoms with Gasteiger partial charge in [-0.05, 0) is 30.7 Å². The van der Waals surface area contributed by atoms with Crippen LogP contribution in [0.4, 0.5) is 0 Å². The van der Waals surface area contributed by atoms with Crippen LogP contribution in [-0.4, -0.2) is 42.2 Å². The number of aromatic nitrogens is 1. The molecule has 7 nitrogen and oxygen atoms in total. The molecule has 2 unspecified atom stereocenters. The minimum atomic E-state index is -0.942. The van der Waals surface area contributed by atoms with Gasteiger partial charge in [-0.15, -0.1) is 0 Å². The van der Waals surface area contributed by atoms with E-state index in [1.54, 1.807) is 18.2 Å². The average molecular weight is 406 g/mol. The fourth-order valence-corrected chi connectivity index (χ4v) is 3.25. The molecule has 30 heavy (non-hydrogen) atoms. The van der Waals surface area contributed by atoms with Crippen molar-refractivity contribution < 1.29 is 19.1 Å². The van der Waals surface area contributed by atoms with Crippen LogP contribution in [0.15, 0.2) is 59.4 Å². The van der Waals surface area contributed by atoms with Crippen molar-refractivity contribution in [3.63, 3.8) is 0 Å². The second-order valence-corrected chi connectivity index (χ2v) is 7.39. The third-order valence-corrected chi connectivity index (χ3v) is 4.98. The summed E-state index contributed by atoms with van der Waals surface area (Å²) in [6, 6.07) is 14.9. The molecule has 1 fully saturated rings. The van der Waals surface area contributed by atoms with Gasteiger partial charge in [0, 0.05) is 29.0 Å². The minimum Gasteiger partial charge on any atom is -0.461 e. The second kappa shape index (κ2) is 8.51. The van der Waals surface area contributed by atoms with Crippen LogP contribution in [0.3, 0.4) is 0 Å². The van der Waals surface area contributed by atoms with Crippen LogP contribution < -0.4 is 10.9 Å². The first-order valence-corrected chi connectivity index (χ1v) is 9.76. The number of fused-ring (bicyclic) bond motifs is 1. The van der Waals surface area contributed by atoms with Crippen molar-refractivity contribution in [2.75, 3.05) is 13.2 Å². The number of epoxide rings is 1. The van der Waals surface area contributed by atoms with Crippen molar-refractivity contribution in [2.24, 2.45) is 0 Å².